The van der Waals surface area contributed by atoms with Crippen molar-refractivity contribution >= 4 is 55.1 Å². The Balaban J connectivity index is -0.000000190. The van der Waals surface area contributed by atoms with Crippen molar-refractivity contribution < 1.29 is 17.1 Å². The van der Waals surface area contributed by atoms with Crippen LogP contribution in [0.4, 0.5) is 0 Å². The summed E-state index contributed by atoms with van der Waals surface area (Å²) < 4.78 is 4.94. The summed E-state index contributed by atoms with van der Waals surface area (Å²) in [5.74, 6) is 0. The van der Waals surface area contributed by atoms with E-state index in [4.69, 9.17) is 4.74 Å². The number of unbranched alkanes of at least 4 members (excludes halogenated alkanes) is 2. The quantitative estimate of drug-likeness (QED) is 0.0394. The summed E-state index contributed by atoms with van der Waals surface area (Å²) in [6, 6.07) is 10.1. The number of rotatable bonds is 20. The Kier molecular flexibility index (Phi) is 41.5. The molecule has 262 valence electrons. The van der Waals surface area contributed by atoms with E-state index in [0.717, 1.165) is 25.0 Å². The van der Waals surface area contributed by atoms with Crippen molar-refractivity contribution in [3.8, 4) is 0 Å². The van der Waals surface area contributed by atoms with Crippen LogP contribution >= 0.6 is 15.9 Å². The fourth-order valence-electron chi connectivity index (χ4n) is 6.49. The standard InChI is InChI=1S/C18H32Si.C15H27BrSi.C4H8O.C3H5.ClH.Mg/c1-8-9-10-11-12-19(13-16(2)3,14-17(4)5)15-18(6)7;1-13(2)10-17(9-7-8-16,11-14(3)4)12-15(5)6;1-2-4-5-3-1;1-3-2;;/h8H,1-2,4,6,9-15H2,3,5,7H3;1,3,5,7-12H2,2,4,6H3;1-4H2;3H,1-2H2;1H;/q;;;-1;;+2/p-1. The van der Waals surface area contributed by atoms with Gasteiger partial charge in [-0.1, -0.05) is 80.4 Å². The van der Waals surface area contributed by atoms with E-state index in [2.05, 4.69) is 117 Å². The van der Waals surface area contributed by atoms with Gasteiger partial charge in [0.1, 0.15) is 0 Å². The van der Waals surface area contributed by atoms with Gasteiger partial charge in [0.15, 0.2) is 0 Å². The third kappa shape index (κ3) is 36.6. The van der Waals surface area contributed by atoms with E-state index in [9.17, 15) is 0 Å². The predicted molar refractivity (Wildman–Crippen MR) is 223 cm³/mol. The zero-order chi connectivity index (χ0) is 34.6. The van der Waals surface area contributed by atoms with Gasteiger partial charge in [0, 0.05) is 18.5 Å². The van der Waals surface area contributed by atoms with E-state index >= 15 is 0 Å². The maximum absolute atomic E-state index is 4.94. The minimum atomic E-state index is -1.37. The molecule has 0 spiro atoms. The molecule has 0 atom stereocenters. The monoisotopic (exact) mass is 762 g/mol. The second-order valence-corrected chi connectivity index (χ2v) is 23.7. The molecular weight excluding hydrogens is 692 g/mol. The topological polar surface area (TPSA) is 9.23 Å². The van der Waals surface area contributed by atoms with Gasteiger partial charge in [0.25, 0.3) is 0 Å². The molecule has 1 fully saturated rings. The predicted octanol–water partition coefficient (Wildman–Crippen LogP) is 10.9. The number of ether oxygens (including phenoxy) is 1. The first-order chi connectivity index (χ1) is 20.5. The van der Waals surface area contributed by atoms with Crippen LogP contribution in [0, 0.1) is 6.92 Å². The second-order valence-electron chi connectivity index (χ2n) is 13.7. The summed E-state index contributed by atoms with van der Waals surface area (Å²) in [5, 5.41) is 1.10. The van der Waals surface area contributed by atoms with Gasteiger partial charge in [0.05, 0.1) is 16.1 Å². The van der Waals surface area contributed by atoms with Crippen molar-refractivity contribution in [2.75, 3.05) is 18.5 Å². The molecule has 1 aliphatic rings. The summed E-state index contributed by atoms with van der Waals surface area (Å²) in [6.45, 7) is 50.1. The molecule has 1 heterocycles. The second kappa shape index (κ2) is 34.6. The van der Waals surface area contributed by atoms with E-state index in [1.165, 1.54) is 120 Å². The Morgan fingerprint density at radius 1 is 0.630 bits per heavy atom. The van der Waals surface area contributed by atoms with Crippen LogP contribution in [-0.2, 0) is 4.74 Å². The van der Waals surface area contributed by atoms with Crippen LogP contribution in [0.5, 0.6) is 0 Å². The molecule has 0 aromatic carbocycles. The molecule has 0 aromatic heterocycles. The molecule has 0 amide bonds. The fourth-order valence-corrected chi connectivity index (χ4v) is 18.7. The first-order valence-electron chi connectivity index (χ1n) is 16.5. The molecule has 0 radical (unpaired) electrons. The molecule has 0 saturated carbocycles. The maximum Gasteiger partial charge on any atom is 2.00 e. The molecule has 1 aliphatic heterocycles. The van der Waals surface area contributed by atoms with Crippen LogP contribution in [0.25, 0.3) is 0 Å². The van der Waals surface area contributed by atoms with E-state index < -0.39 is 16.1 Å². The molecule has 1 saturated heterocycles. The summed E-state index contributed by atoms with van der Waals surface area (Å²) in [6.07, 6.45) is 11.1. The van der Waals surface area contributed by atoms with Gasteiger partial charge in [0.2, 0.25) is 0 Å². The number of halogens is 2. The molecule has 0 N–H and O–H groups in total. The van der Waals surface area contributed by atoms with Crippen molar-refractivity contribution in [1.82, 2.24) is 0 Å². The minimum absolute atomic E-state index is 0. The van der Waals surface area contributed by atoms with Gasteiger partial charge in [-0.2, -0.15) is 0 Å². The van der Waals surface area contributed by atoms with Crippen LogP contribution < -0.4 is 12.4 Å². The Hall–Kier alpha value is -0.280. The van der Waals surface area contributed by atoms with Gasteiger partial charge >= 0.3 is 23.1 Å². The first-order valence-corrected chi connectivity index (χ1v) is 23.3. The van der Waals surface area contributed by atoms with Gasteiger partial charge in [-0.15, -0.1) is 46.1 Å². The van der Waals surface area contributed by atoms with Gasteiger partial charge in [-0.3, -0.25) is 0 Å². The van der Waals surface area contributed by atoms with Crippen molar-refractivity contribution in [2.24, 2.45) is 0 Å². The SMILES string of the molecule is C1CCOC1.C=C(C)C[Si](CCCBr)(CC(=C)C)CC(=C)C.C=CCCCC[Si](CC(=C)C)(CC(=C)C)CC(=C)C.C=C[CH2-].[Cl-].[Mg+2]. The van der Waals surface area contributed by atoms with Crippen LogP contribution in [0.2, 0.25) is 48.4 Å². The van der Waals surface area contributed by atoms with Gasteiger partial charge in [-0.05, 0) is 103 Å². The normalized spacial score (nSPS) is 11.6. The van der Waals surface area contributed by atoms with Crippen LogP contribution in [0.15, 0.2) is 98.2 Å². The molecule has 1 rings (SSSR count). The molecule has 1 nitrogen and oxygen atoms in total. The van der Waals surface area contributed by atoms with Crippen molar-refractivity contribution in [1.29, 1.82) is 0 Å². The molecule has 0 aromatic rings. The summed E-state index contributed by atoms with van der Waals surface area (Å²) in [7, 11) is -2.70. The van der Waals surface area contributed by atoms with Crippen LogP contribution in [-0.4, -0.2) is 57.7 Å². The zero-order valence-electron chi connectivity index (χ0n) is 31.4. The average Bonchev–Trinajstić information content (AvgIpc) is 3.44. The Morgan fingerprint density at radius 2 is 0.913 bits per heavy atom. The van der Waals surface area contributed by atoms with E-state index in [-0.39, 0.29) is 35.5 Å². The van der Waals surface area contributed by atoms with Gasteiger partial charge < -0.3 is 17.1 Å². The fraction of sp³-hybridized carbons (Fsp3) is 0.575. The molecule has 46 heavy (non-hydrogen) atoms. The van der Waals surface area contributed by atoms with E-state index in [1.54, 1.807) is 0 Å². The molecular formula is C40H72BrClMgOSi2. The first kappa shape index (κ1) is 55.1. The zero-order valence-corrected chi connectivity index (χ0v) is 37.2. The largest absolute Gasteiger partial charge is 2.00 e. The maximum atomic E-state index is 4.94. The molecule has 0 bridgehead atoms. The molecule has 6 heteroatoms. The molecule has 0 unspecified atom stereocenters. The molecule has 0 aliphatic carbocycles. The summed E-state index contributed by atoms with van der Waals surface area (Å²) in [4.78, 5) is 0. The number of allylic oxidation sites excluding steroid dienone is 8. The smallest absolute Gasteiger partial charge is 1.00 e. The number of hydrogen-bond acceptors (Lipinski definition) is 1. The Labute approximate surface area is 322 Å². The Bertz CT molecular complexity index is 802. The number of alkyl halides is 1. The number of hydrogen-bond donors (Lipinski definition) is 0. The summed E-state index contributed by atoms with van der Waals surface area (Å²) >= 11 is 3.56. The van der Waals surface area contributed by atoms with E-state index in [0.29, 0.717) is 0 Å². The van der Waals surface area contributed by atoms with Crippen LogP contribution in [0.3, 0.4) is 0 Å². The van der Waals surface area contributed by atoms with Crippen molar-refractivity contribution in [3.63, 3.8) is 0 Å². The average molecular weight is 765 g/mol. The van der Waals surface area contributed by atoms with E-state index in [1.807, 2.05) is 6.08 Å². The summed E-state index contributed by atoms with van der Waals surface area (Å²) in [5.41, 5.74) is 7.98. The van der Waals surface area contributed by atoms with Crippen molar-refractivity contribution in [2.45, 2.75) is 128 Å². The Morgan fingerprint density at radius 3 is 1.11 bits per heavy atom. The minimum Gasteiger partial charge on any atom is -1.00 e. The third-order valence-electron chi connectivity index (χ3n) is 7.09. The van der Waals surface area contributed by atoms with Gasteiger partial charge in [-0.25, -0.2) is 19.6 Å². The third-order valence-corrected chi connectivity index (χ3v) is 18.6. The van der Waals surface area contributed by atoms with Crippen LogP contribution in [0.1, 0.15) is 80.1 Å². The van der Waals surface area contributed by atoms with Crippen molar-refractivity contribution in [3.05, 3.63) is 105 Å².